The number of carbonyl (C=O) groups is 1. The van der Waals surface area contributed by atoms with Crippen LogP contribution in [0.2, 0.25) is 0 Å². The van der Waals surface area contributed by atoms with Crippen molar-refractivity contribution in [1.82, 2.24) is 5.32 Å². The highest BCUT2D eigenvalue weighted by Gasteiger charge is 2.48. The monoisotopic (exact) mass is 252 g/mol. The Balaban J connectivity index is 1.96. The van der Waals surface area contributed by atoms with E-state index in [1.54, 1.807) is 6.07 Å². The van der Waals surface area contributed by atoms with Gasteiger partial charge in [0.05, 0.1) is 11.3 Å². The lowest BCUT2D eigenvalue weighted by Gasteiger charge is -2.23. The number of amides is 1. The molecule has 3 rings (SSSR count). The maximum atomic E-state index is 13.7. The number of fused-ring (bicyclic) bond motifs is 1. The zero-order valence-corrected chi connectivity index (χ0v) is 9.80. The minimum absolute atomic E-state index is 0.177. The predicted octanol–water partition coefficient (Wildman–Crippen LogP) is 2.20. The molecule has 0 atom stereocenters. The van der Waals surface area contributed by atoms with E-state index in [1.807, 2.05) is 6.07 Å². The van der Waals surface area contributed by atoms with Gasteiger partial charge in [0.25, 0.3) is 5.91 Å². The van der Waals surface area contributed by atoms with E-state index in [4.69, 9.17) is 0 Å². The Hall–Kier alpha value is -1.49. The summed E-state index contributed by atoms with van der Waals surface area (Å²) in [7, 11) is 0. The zero-order valence-electron chi connectivity index (χ0n) is 9.80. The van der Waals surface area contributed by atoms with Crippen molar-refractivity contribution in [3.63, 3.8) is 0 Å². The van der Waals surface area contributed by atoms with E-state index in [0.29, 0.717) is 5.92 Å². The minimum Gasteiger partial charge on any atom is -0.320 e. The summed E-state index contributed by atoms with van der Waals surface area (Å²) in [5, 5.41) is 5.46. The predicted molar refractivity (Wildman–Crippen MR) is 63.8 cm³/mol. The molecule has 0 saturated carbocycles. The van der Waals surface area contributed by atoms with Crippen LogP contribution in [0.3, 0.4) is 0 Å². The number of piperidine rings is 1. The number of rotatable bonds is 1. The Morgan fingerprint density at radius 3 is 2.67 bits per heavy atom. The van der Waals surface area contributed by atoms with Crippen molar-refractivity contribution in [3.8, 4) is 0 Å². The van der Waals surface area contributed by atoms with Gasteiger partial charge in [-0.15, -0.1) is 0 Å². The minimum atomic E-state index is -3.39. The molecule has 0 unspecified atom stereocenters. The maximum Gasteiger partial charge on any atom is 0.352 e. The molecule has 2 heterocycles. The molecule has 2 N–H and O–H groups in total. The summed E-state index contributed by atoms with van der Waals surface area (Å²) in [6.45, 7) is 1.82. The maximum absolute atomic E-state index is 13.7. The molecular weight excluding hydrogens is 238 g/mol. The largest absolute Gasteiger partial charge is 0.352 e. The van der Waals surface area contributed by atoms with Crippen LogP contribution in [0.25, 0.3) is 0 Å². The van der Waals surface area contributed by atoms with Gasteiger partial charge in [0.2, 0.25) is 0 Å². The van der Waals surface area contributed by atoms with Gasteiger partial charge in [-0.2, -0.15) is 8.78 Å². The van der Waals surface area contributed by atoms with Crippen LogP contribution >= 0.6 is 0 Å². The van der Waals surface area contributed by atoms with Crippen LogP contribution in [0.4, 0.5) is 14.5 Å². The second kappa shape index (κ2) is 4.02. The first-order chi connectivity index (χ1) is 8.59. The molecule has 2 aliphatic heterocycles. The van der Waals surface area contributed by atoms with E-state index >= 15 is 0 Å². The third-order valence-corrected chi connectivity index (χ3v) is 3.73. The lowest BCUT2D eigenvalue weighted by Crippen LogP contribution is -2.27. The summed E-state index contributed by atoms with van der Waals surface area (Å²) < 4.78 is 27.3. The van der Waals surface area contributed by atoms with Gasteiger partial charge in [0, 0.05) is 0 Å². The van der Waals surface area contributed by atoms with Crippen LogP contribution in [-0.2, 0) is 10.7 Å². The van der Waals surface area contributed by atoms with Crippen molar-refractivity contribution >= 4 is 11.6 Å². The molecule has 96 valence electrons. The Morgan fingerprint density at radius 2 is 1.94 bits per heavy atom. The average molecular weight is 252 g/mol. The van der Waals surface area contributed by atoms with E-state index in [2.05, 4.69) is 10.6 Å². The van der Waals surface area contributed by atoms with Crippen molar-refractivity contribution in [2.75, 3.05) is 18.4 Å². The molecule has 0 aliphatic carbocycles. The molecule has 1 saturated heterocycles. The quantitative estimate of drug-likeness (QED) is 0.804. The molecule has 2 aliphatic rings. The summed E-state index contributed by atoms with van der Waals surface area (Å²) in [5.41, 5.74) is 0.970. The number of nitrogens with one attached hydrogen (secondary N) is 2. The fourth-order valence-electron chi connectivity index (χ4n) is 2.66. The third kappa shape index (κ3) is 1.70. The number of hydrogen-bond acceptors (Lipinski definition) is 2. The van der Waals surface area contributed by atoms with Crippen molar-refractivity contribution in [2.24, 2.45) is 0 Å². The van der Waals surface area contributed by atoms with Crippen molar-refractivity contribution < 1.29 is 13.6 Å². The Labute approximate surface area is 104 Å². The van der Waals surface area contributed by atoms with Gasteiger partial charge in [-0.05, 0) is 49.5 Å². The number of benzene rings is 1. The topological polar surface area (TPSA) is 41.1 Å². The van der Waals surface area contributed by atoms with Crippen LogP contribution in [-0.4, -0.2) is 19.0 Å². The second-order valence-electron chi connectivity index (χ2n) is 4.86. The molecule has 0 spiro atoms. The van der Waals surface area contributed by atoms with Gasteiger partial charge < -0.3 is 10.6 Å². The third-order valence-electron chi connectivity index (χ3n) is 3.73. The molecule has 18 heavy (non-hydrogen) atoms. The fourth-order valence-corrected chi connectivity index (χ4v) is 2.66. The van der Waals surface area contributed by atoms with Crippen molar-refractivity contribution in [3.05, 3.63) is 29.3 Å². The van der Waals surface area contributed by atoms with Gasteiger partial charge in [0.1, 0.15) is 0 Å². The lowest BCUT2D eigenvalue weighted by molar-refractivity contribution is -0.139. The Bertz CT molecular complexity index is 496. The van der Waals surface area contributed by atoms with Crippen LogP contribution in [0, 0.1) is 0 Å². The van der Waals surface area contributed by atoms with Crippen LogP contribution in [0.15, 0.2) is 18.2 Å². The fraction of sp³-hybridized carbons (Fsp3) is 0.462. The molecule has 0 bridgehead atoms. The van der Waals surface area contributed by atoms with Gasteiger partial charge in [0.15, 0.2) is 0 Å². The first-order valence-corrected chi connectivity index (χ1v) is 6.13. The van der Waals surface area contributed by atoms with Crippen LogP contribution < -0.4 is 10.6 Å². The molecule has 0 radical (unpaired) electrons. The van der Waals surface area contributed by atoms with Crippen LogP contribution in [0.5, 0.6) is 0 Å². The first kappa shape index (κ1) is 11.6. The van der Waals surface area contributed by atoms with Crippen molar-refractivity contribution in [1.29, 1.82) is 0 Å². The number of alkyl halides is 2. The van der Waals surface area contributed by atoms with E-state index < -0.39 is 11.8 Å². The molecule has 5 heteroatoms. The highest BCUT2D eigenvalue weighted by molar-refractivity contribution is 6.03. The van der Waals surface area contributed by atoms with E-state index in [0.717, 1.165) is 31.5 Å². The summed E-state index contributed by atoms with van der Waals surface area (Å²) in [5.74, 6) is -4.30. The second-order valence-corrected chi connectivity index (χ2v) is 4.86. The van der Waals surface area contributed by atoms with Gasteiger partial charge in [-0.3, -0.25) is 4.79 Å². The Morgan fingerprint density at radius 1 is 1.22 bits per heavy atom. The first-order valence-electron chi connectivity index (χ1n) is 6.13. The lowest BCUT2D eigenvalue weighted by atomic mass is 9.88. The highest BCUT2D eigenvalue weighted by atomic mass is 19.3. The normalized spacial score (nSPS) is 22.7. The van der Waals surface area contributed by atoms with Gasteiger partial charge in [-0.1, -0.05) is 6.07 Å². The van der Waals surface area contributed by atoms with Gasteiger partial charge in [-0.25, -0.2) is 0 Å². The molecule has 1 aromatic carbocycles. The molecule has 3 nitrogen and oxygen atoms in total. The average Bonchev–Trinajstić information content (AvgIpc) is 2.61. The summed E-state index contributed by atoms with van der Waals surface area (Å²) in [6.07, 6.45) is 1.90. The summed E-state index contributed by atoms with van der Waals surface area (Å²) in [4.78, 5) is 11.2. The summed E-state index contributed by atoms with van der Waals surface area (Å²) in [6, 6.07) is 4.92. The summed E-state index contributed by atoms with van der Waals surface area (Å²) >= 11 is 0. The molecule has 1 fully saturated rings. The highest BCUT2D eigenvalue weighted by Crippen LogP contribution is 2.42. The van der Waals surface area contributed by atoms with Crippen LogP contribution in [0.1, 0.15) is 29.9 Å². The number of carbonyl (C=O) groups excluding carboxylic acids is 1. The van der Waals surface area contributed by atoms with E-state index in [-0.39, 0.29) is 11.3 Å². The van der Waals surface area contributed by atoms with E-state index in [1.165, 1.54) is 6.07 Å². The smallest absolute Gasteiger partial charge is 0.320 e. The Kier molecular flexibility index (Phi) is 2.59. The number of halogens is 2. The molecule has 0 aromatic heterocycles. The zero-order chi connectivity index (χ0) is 12.8. The number of hydrogen-bond donors (Lipinski definition) is 2. The van der Waals surface area contributed by atoms with Gasteiger partial charge >= 0.3 is 5.92 Å². The van der Waals surface area contributed by atoms with E-state index in [9.17, 15) is 13.6 Å². The van der Waals surface area contributed by atoms with Crippen molar-refractivity contribution in [2.45, 2.75) is 24.7 Å². The standard InChI is InChI=1S/C13H14F2N2O/c14-13(15)10-7-9(8-3-5-16-6-4-8)1-2-11(10)17-12(13)18/h1-2,7-8,16H,3-6H2,(H,17,18). The molecule has 1 aromatic rings. The SMILES string of the molecule is O=C1Nc2ccc(C3CCNCC3)cc2C1(F)F. The number of anilines is 1. The molecular formula is C13H14F2N2O. The molecule has 1 amide bonds.